The van der Waals surface area contributed by atoms with Gasteiger partial charge in [0.05, 0.1) is 11.1 Å². The quantitative estimate of drug-likeness (QED) is 0.608. The Hall–Kier alpha value is -2.26. The lowest BCUT2D eigenvalue weighted by Crippen LogP contribution is -2.22. The zero-order valence-electron chi connectivity index (χ0n) is 12.7. The maximum atomic E-state index is 13.4. The highest BCUT2D eigenvalue weighted by Crippen LogP contribution is 2.43. The maximum Gasteiger partial charge on any atom is 0.125 e. The van der Waals surface area contributed by atoms with E-state index >= 15 is 0 Å². The first kappa shape index (κ1) is 14.3. The number of hydrogen-bond acceptors (Lipinski definition) is 2. The summed E-state index contributed by atoms with van der Waals surface area (Å²) in [5, 5.41) is 2.69. The number of likely N-dealkylation sites (N-methyl/N-ethyl adjacent to an activating group) is 1. The summed E-state index contributed by atoms with van der Waals surface area (Å²) in [5.74, 6) is -0.185. The molecule has 0 fully saturated rings. The molecule has 0 N–H and O–H groups in total. The van der Waals surface area contributed by atoms with Crippen LogP contribution in [0, 0.1) is 5.82 Å². The van der Waals surface area contributed by atoms with Crippen molar-refractivity contribution < 1.29 is 4.39 Å². The van der Waals surface area contributed by atoms with Crippen molar-refractivity contribution in [2.24, 2.45) is 0 Å². The van der Waals surface area contributed by atoms with Crippen molar-refractivity contribution in [3.05, 3.63) is 78.1 Å². The second kappa shape index (κ2) is 5.74. The Labute approximate surface area is 139 Å². The molecule has 4 rings (SSSR count). The number of benzene rings is 3. The SMILES string of the molecule is CN1c2cc(F)ccc2SC1C=Cc1ccc2ccccc2c1. The Morgan fingerprint density at radius 1 is 1.00 bits per heavy atom. The lowest BCUT2D eigenvalue weighted by Gasteiger charge is -2.18. The lowest BCUT2D eigenvalue weighted by atomic mass is 10.1. The summed E-state index contributed by atoms with van der Waals surface area (Å²) in [6.07, 6.45) is 4.32. The van der Waals surface area contributed by atoms with Gasteiger partial charge in [0.1, 0.15) is 5.82 Å². The molecule has 0 radical (unpaired) electrons. The summed E-state index contributed by atoms with van der Waals surface area (Å²) in [7, 11) is 2.01. The third-order valence-corrected chi connectivity index (χ3v) is 5.47. The van der Waals surface area contributed by atoms with Crippen molar-refractivity contribution in [1.29, 1.82) is 0 Å². The number of rotatable bonds is 2. The average Bonchev–Trinajstić information content (AvgIpc) is 2.89. The van der Waals surface area contributed by atoms with Crippen LogP contribution in [-0.4, -0.2) is 12.4 Å². The van der Waals surface area contributed by atoms with Crippen LogP contribution in [0.25, 0.3) is 16.8 Å². The number of fused-ring (bicyclic) bond motifs is 2. The van der Waals surface area contributed by atoms with Crippen molar-refractivity contribution in [2.75, 3.05) is 11.9 Å². The number of hydrogen-bond donors (Lipinski definition) is 0. The van der Waals surface area contributed by atoms with E-state index in [2.05, 4.69) is 59.5 Å². The van der Waals surface area contributed by atoms with E-state index in [9.17, 15) is 4.39 Å². The minimum atomic E-state index is -0.185. The molecule has 114 valence electrons. The first-order valence-electron chi connectivity index (χ1n) is 7.57. The molecule has 0 amide bonds. The van der Waals surface area contributed by atoms with Crippen LogP contribution in [0.15, 0.2) is 71.6 Å². The van der Waals surface area contributed by atoms with Crippen LogP contribution in [0.5, 0.6) is 0 Å². The van der Waals surface area contributed by atoms with Crippen molar-refractivity contribution in [2.45, 2.75) is 10.3 Å². The third kappa shape index (κ3) is 2.73. The monoisotopic (exact) mass is 321 g/mol. The van der Waals surface area contributed by atoms with Crippen molar-refractivity contribution in [1.82, 2.24) is 0 Å². The maximum absolute atomic E-state index is 13.4. The molecule has 0 aliphatic carbocycles. The fourth-order valence-corrected chi connectivity index (χ4v) is 4.04. The Morgan fingerprint density at radius 3 is 2.70 bits per heavy atom. The first-order valence-corrected chi connectivity index (χ1v) is 8.45. The Bertz CT molecular complexity index is 903. The highest BCUT2D eigenvalue weighted by atomic mass is 32.2. The van der Waals surface area contributed by atoms with E-state index in [0.29, 0.717) is 0 Å². The minimum Gasteiger partial charge on any atom is -0.358 e. The smallest absolute Gasteiger partial charge is 0.125 e. The van der Waals surface area contributed by atoms with Gasteiger partial charge in [-0.3, -0.25) is 0 Å². The van der Waals surface area contributed by atoms with E-state index in [1.807, 2.05) is 13.1 Å². The van der Waals surface area contributed by atoms with Crippen LogP contribution in [0.4, 0.5) is 10.1 Å². The van der Waals surface area contributed by atoms with Crippen molar-refractivity contribution in [3.63, 3.8) is 0 Å². The summed E-state index contributed by atoms with van der Waals surface area (Å²) in [6.45, 7) is 0. The fraction of sp³-hybridized carbons (Fsp3) is 0.100. The predicted octanol–water partition coefficient (Wildman–Crippen LogP) is 5.56. The van der Waals surface area contributed by atoms with Crippen LogP contribution in [0.3, 0.4) is 0 Å². The van der Waals surface area contributed by atoms with E-state index in [4.69, 9.17) is 0 Å². The summed E-state index contributed by atoms with van der Waals surface area (Å²) < 4.78 is 13.4. The summed E-state index contributed by atoms with van der Waals surface area (Å²) in [4.78, 5) is 3.24. The molecule has 0 bridgehead atoms. The molecule has 1 aliphatic rings. The second-order valence-electron chi connectivity index (χ2n) is 5.70. The van der Waals surface area contributed by atoms with Gasteiger partial charge in [0.2, 0.25) is 0 Å². The molecule has 1 atom stereocenters. The van der Waals surface area contributed by atoms with Gasteiger partial charge < -0.3 is 4.90 Å². The summed E-state index contributed by atoms with van der Waals surface area (Å²) >= 11 is 1.75. The zero-order chi connectivity index (χ0) is 15.8. The Morgan fingerprint density at radius 2 is 1.83 bits per heavy atom. The van der Waals surface area contributed by atoms with Gasteiger partial charge in [-0.15, -0.1) is 0 Å². The molecule has 23 heavy (non-hydrogen) atoms. The molecule has 0 saturated heterocycles. The van der Waals surface area contributed by atoms with Gasteiger partial charge in [0.15, 0.2) is 0 Å². The van der Waals surface area contributed by atoms with Crippen LogP contribution >= 0.6 is 11.8 Å². The molecular formula is C20H16FNS. The molecule has 3 aromatic rings. The number of anilines is 1. The molecule has 1 aliphatic heterocycles. The number of nitrogens with zero attached hydrogens (tertiary/aromatic N) is 1. The highest BCUT2D eigenvalue weighted by Gasteiger charge is 2.25. The molecule has 0 saturated carbocycles. The molecule has 1 nitrogen and oxygen atoms in total. The van der Waals surface area contributed by atoms with Crippen LogP contribution in [0.1, 0.15) is 5.56 Å². The summed E-state index contributed by atoms with van der Waals surface area (Å²) in [5.41, 5.74) is 2.14. The van der Waals surface area contributed by atoms with Gasteiger partial charge in [-0.1, -0.05) is 60.3 Å². The van der Waals surface area contributed by atoms with Crippen molar-refractivity contribution in [3.8, 4) is 0 Å². The van der Waals surface area contributed by atoms with Crippen LogP contribution in [0.2, 0.25) is 0 Å². The van der Waals surface area contributed by atoms with Gasteiger partial charge in [-0.05, 0) is 40.6 Å². The fourth-order valence-electron chi connectivity index (χ4n) is 2.89. The molecule has 1 unspecified atom stereocenters. The zero-order valence-corrected chi connectivity index (χ0v) is 13.6. The standard InChI is InChI=1S/C20H16FNS/c1-22-18-13-17(21)9-10-19(18)23-20(22)11-7-14-6-8-15-4-2-3-5-16(15)12-14/h2-13,20H,1H3. The largest absolute Gasteiger partial charge is 0.358 e. The van der Waals surface area contributed by atoms with E-state index in [1.165, 1.54) is 22.4 Å². The third-order valence-electron chi connectivity index (χ3n) is 4.16. The second-order valence-corrected chi connectivity index (χ2v) is 6.86. The Kier molecular flexibility index (Phi) is 3.58. The van der Waals surface area contributed by atoms with Crippen LogP contribution < -0.4 is 4.90 Å². The molecular weight excluding hydrogens is 305 g/mol. The van der Waals surface area contributed by atoms with E-state index in [0.717, 1.165) is 10.6 Å². The molecule has 0 aromatic heterocycles. The van der Waals surface area contributed by atoms with Gasteiger partial charge in [-0.25, -0.2) is 4.39 Å². The van der Waals surface area contributed by atoms with E-state index < -0.39 is 0 Å². The Balaban J connectivity index is 1.59. The highest BCUT2D eigenvalue weighted by molar-refractivity contribution is 8.00. The first-order chi connectivity index (χ1) is 11.2. The molecule has 1 heterocycles. The van der Waals surface area contributed by atoms with Gasteiger partial charge in [0.25, 0.3) is 0 Å². The van der Waals surface area contributed by atoms with E-state index in [-0.39, 0.29) is 11.2 Å². The van der Waals surface area contributed by atoms with Crippen LogP contribution in [-0.2, 0) is 0 Å². The number of halogens is 1. The average molecular weight is 321 g/mol. The minimum absolute atomic E-state index is 0.185. The lowest BCUT2D eigenvalue weighted by molar-refractivity contribution is 0.626. The van der Waals surface area contributed by atoms with E-state index in [1.54, 1.807) is 17.8 Å². The topological polar surface area (TPSA) is 3.24 Å². The predicted molar refractivity (Wildman–Crippen MR) is 97.4 cm³/mol. The molecule has 3 aromatic carbocycles. The summed E-state index contributed by atoms with van der Waals surface area (Å²) in [6, 6.07) is 19.8. The van der Waals surface area contributed by atoms with Crippen molar-refractivity contribution >= 4 is 34.3 Å². The normalized spacial score (nSPS) is 17.1. The van der Waals surface area contributed by atoms with Gasteiger partial charge >= 0.3 is 0 Å². The van der Waals surface area contributed by atoms with Gasteiger partial charge in [-0.2, -0.15) is 0 Å². The molecule has 0 spiro atoms. The van der Waals surface area contributed by atoms with Gasteiger partial charge in [0, 0.05) is 11.9 Å². The number of thioether (sulfide) groups is 1. The molecule has 3 heteroatoms.